The molecule has 1 aliphatic heterocycles. The molecular weight excluding hydrogens is 320 g/mol. The van der Waals surface area contributed by atoms with Gasteiger partial charge in [0, 0.05) is 17.0 Å². The van der Waals surface area contributed by atoms with Gasteiger partial charge in [0.15, 0.2) is 0 Å². The lowest BCUT2D eigenvalue weighted by atomic mass is 9.89. The van der Waals surface area contributed by atoms with Gasteiger partial charge >= 0.3 is 0 Å². The third kappa shape index (κ3) is 4.16. The molecule has 128 valence electrons. The first-order chi connectivity index (χ1) is 11.5. The van der Waals surface area contributed by atoms with E-state index in [1.165, 1.54) is 0 Å². The molecule has 4 nitrogen and oxygen atoms in total. The lowest BCUT2D eigenvalue weighted by Gasteiger charge is -2.22. The van der Waals surface area contributed by atoms with Crippen LogP contribution in [0.2, 0.25) is 0 Å². The van der Waals surface area contributed by atoms with Gasteiger partial charge in [0.25, 0.3) is 0 Å². The molecule has 2 aromatic rings. The molecule has 5 heteroatoms. The predicted molar refractivity (Wildman–Crippen MR) is 97.2 cm³/mol. The molecule has 1 aromatic heterocycles. The topological polar surface area (TPSA) is 41.6 Å². The van der Waals surface area contributed by atoms with Crippen molar-refractivity contribution in [3.63, 3.8) is 0 Å². The largest absolute Gasteiger partial charge is 0.489 e. The molecule has 1 N–H and O–H groups in total. The Morgan fingerprint density at radius 3 is 2.88 bits per heavy atom. The summed E-state index contributed by atoms with van der Waals surface area (Å²) < 4.78 is 5.75. The molecule has 1 saturated heterocycles. The number of ether oxygens (including phenoxy) is 1. The molecule has 0 bridgehead atoms. The van der Waals surface area contributed by atoms with Crippen LogP contribution in [0.15, 0.2) is 41.8 Å². The molecule has 0 spiro atoms. The number of para-hydroxylation sites is 1. The first kappa shape index (κ1) is 17.0. The van der Waals surface area contributed by atoms with Gasteiger partial charge in [0.2, 0.25) is 5.91 Å². The van der Waals surface area contributed by atoms with E-state index in [9.17, 15) is 4.79 Å². The molecule has 24 heavy (non-hydrogen) atoms. The number of thiophene rings is 1. The van der Waals surface area contributed by atoms with Gasteiger partial charge in [-0.05, 0) is 50.5 Å². The summed E-state index contributed by atoms with van der Waals surface area (Å²) in [6, 6.07) is 11.9. The minimum absolute atomic E-state index is 0.155. The van der Waals surface area contributed by atoms with Crippen molar-refractivity contribution in [2.24, 2.45) is 5.41 Å². The van der Waals surface area contributed by atoms with Crippen molar-refractivity contribution in [3.8, 4) is 5.75 Å². The van der Waals surface area contributed by atoms with E-state index in [0.717, 1.165) is 35.7 Å². The van der Waals surface area contributed by atoms with Gasteiger partial charge in [-0.15, -0.1) is 11.3 Å². The molecule has 0 radical (unpaired) electrons. The van der Waals surface area contributed by atoms with E-state index >= 15 is 0 Å². The van der Waals surface area contributed by atoms with Gasteiger partial charge in [-0.1, -0.05) is 18.2 Å². The van der Waals surface area contributed by atoms with Crippen LogP contribution in [0.25, 0.3) is 0 Å². The second-order valence-corrected chi connectivity index (χ2v) is 7.75. The zero-order valence-corrected chi connectivity index (χ0v) is 15.1. The van der Waals surface area contributed by atoms with Gasteiger partial charge in [-0.3, -0.25) is 4.79 Å². The van der Waals surface area contributed by atoms with Gasteiger partial charge in [0.1, 0.15) is 12.4 Å². The number of rotatable bonds is 6. The quantitative estimate of drug-likeness (QED) is 0.874. The Morgan fingerprint density at radius 1 is 1.38 bits per heavy atom. The maximum atomic E-state index is 12.4. The van der Waals surface area contributed by atoms with Crippen LogP contribution < -0.4 is 10.1 Å². The highest BCUT2D eigenvalue weighted by atomic mass is 32.1. The Hall–Kier alpha value is -1.85. The van der Waals surface area contributed by atoms with E-state index in [0.29, 0.717) is 13.2 Å². The lowest BCUT2D eigenvalue weighted by molar-refractivity contribution is -0.129. The van der Waals surface area contributed by atoms with Crippen LogP contribution in [-0.4, -0.2) is 30.9 Å². The number of hydrogen-bond donors (Lipinski definition) is 1. The van der Waals surface area contributed by atoms with E-state index < -0.39 is 0 Å². The van der Waals surface area contributed by atoms with E-state index in [1.807, 2.05) is 30.3 Å². The van der Waals surface area contributed by atoms with Gasteiger partial charge in [0.05, 0.1) is 12.0 Å². The standard InChI is InChI=1S/C19H24N2O2S/c1-19(8-9-21(2)14-19)18(22)20-11-17-10-15(13-24-17)12-23-16-6-4-3-5-7-16/h3-7,10,13H,8-9,11-12,14H2,1-2H3,(H,20,22). The number of amides is 1. The average molecular weight is 344 g/mol. The van der Waals surface area contributed by atoms with Crippen LogP contribution in [0.1, 0.15) is 23.8 Å². The van der Waals surface area contributed by atoms with Gasteiger partial charge in [-0.25, -0.2) is 0 Å². The monoisotopic (exact) mass is 344 g/mol. The van der Waals surface area contributed by atoms with Crippen molar-refractivity contribution in [1.29, 1.82) is 0 Å². The summed E-state index contributed by atoms with van der Waals surface area (Å²) in [5.41, 5.74) is 0.880. The molecule has 1 fully saturated rings. The van der Waals surface area contributed by atoms with Crippen LogP contribution in [0.5, 0.6) is 5.75 Å². The fraction of sp³-hybridized carbons (Fsp3) is 0.421. The lowest BCUT2D eigenvalue weighted by Crippen LogP contribution is -2.40. The number of carbonyl (C=O) groups is 1. The van der Waals surface area contributed by atoms with Crippen LogP contribution >= 0.6 is 11.3 Å². The van der Waals surface area contributed by atoms with Crippen molar-refractivity contribution < 1.29 is 9.53 Å². The molecule has 1 aliphatic rings. The predicted octanol–water partition coefficient (Wildman–Crippen LogP) is 3.29. The van der Waals surface area contributed by atoms with Crippen molar-refractivity contribution in [2.75, 3.05) is 20.1 Å². The Kier molecular flexibility index (Phi) is 5.21. The highest BCUT2D eigenvalue weighted by molar-refractivity contribution is 7.10. The van der Waals surface area contributed by atoms with Crippen molar-refractivity contribution in [3.05, 3.63) is 52.2 Å². The second kappa shape index (κ2) is 7.36. The average Bonchev–Trinajstić information content (AvgIpc) is 3.19. The summed E-state index contributed by atoms with van der Waals surface area (Å²) in [6.45, 7) is 5.02. The van der Waals surface area contributed by atoms with Gasteiger partial charge in [-0.2, -0.15) is 0 Å². The first-order valence-corrected chi connectivity index (χ1v) is 9.14. The smallest absolute Gasteiger partial charge is 0.227 e. The summed E-state index contributed by atoms with van der Waals surface area (Å²) in [4.78, 5) is 15.8. The molecule has 1 aromatic carbocycles. The Labute approximate surface area is 147 Å². The second-order valence-electron chi connectivity index (χ2n) is 6.75. The third-order valence-electron chi connectivity index (χ3n) is 4.49. The molecule has 0 aliphatic carbocycles. The third-order valence-corrected chi connectivity index (χ3v) is 5.48. The molecule has 1 amide bonds. The zero-order valence-electron chi connectivity index (χ0n) is 14.2. The molecule has 2 heterocycles. The Balaban J connectivity index is 1.48. The zero-order chi connectivity index (χ0) is 17.0. The summed E-state index contributed by atoms with van der Waals surface area (Å²) in [7, 11) is 2.07. The molecule has 1 atom stereocenters. The normalized spacial score (nSPS) is 20.9. The van der Waals surface area contributed by atoms with Crippen molar-refractivity contribution >= 4 is 17.2 Å². The number of carbonyl (C=O) groups excluding carboxylic acids is 1. The van der Waals surface area contributed by atoms with Crippen LogP contribution in [0.4, 0.5) is 0 Å². The molecule has 1 unspecified atom stereocenters. The van der Waals surface area contributed by atoms with Crippen LogP contribution in [-0.2, 0) is 17.9 Å². The molecule has 0 saturated carbocycles. The summed E-state index contributed by atoms with van der Waals surface area (Å²) in [5, 5.41) is 5.19. The SMILES string of the molecule is CN1CCC(C)(C(=O)NCc2cc(COc3ccccc3)cs2)C1. The van der Waals surface area contributed by atoms with E-state index in [4.69, 9.17) is 4.74 Å². The maximum Gasteiger partial charge on any atom is 0.227 e. The van der Waals surface area contributed by atoms with E-state index in [2.05, 4.69) is 35.6 Å². The minimum atomic E-state index is -0.259. The van der Waals surface area contributed by atoms with Gasteiger partial charge < -0.3 is 15.0 Å². The van der Waals surface area contributed by atoms with Crippen molar-refractivity contribution in [2.45, 2.75) is 26.5 Å². The Bertz CT molecular complexity index is 686. The highest BCUT2D eigenvalue weighted by Crippen LogP contribution is 2.29. The first-order valence-electron chi connectivity index (χ1n) is 8.26. The number of benzene rings is 1. The van der Waals surface area contributed by atoms with E-state index in [1.54, 1.807) is 11.3 Å². The Morgan fingerprint density at radius 2 is 2.17 bits per heavy atom. The van der Waals surface area contributed by atoms with Crippen LogP contribution in [0, 0.1) is 5.41 Å². The maximum absolute atomic E-state index is 12.4. The number of hydrogen-bond acceptors (Lipinski definition) is 4. The summed E-state index contributed by atoms with van der Waals surface area (Å²) in [5.74, 6) is 1.03. The summed E-state index contributed by atoms with van der Waals surface area (Å²) in [6.07, 6.45) is 0.927. The number of likely N-dealkylation sites (tertiary alicyclic amines) is 1. The highest BCUT2D eigenvalue weighted by Gasteiger charge is 2.38. The molecule has 3 rings (SSSR count). The number of nitrogens with one attached hydrogen (secondary N) is 1. The fourth-order valence-corrected chi connectivity index (χ4v) is 3.85. The molecular formula is C19H24N2O2S. The van der Waals surface area contributed by atoms with E-state index in [-0.39, 0.29) is 11.3 Å². The number of nitrogens with zero attached hydrogens (tertiary/aromatic N) is 1. The summed E-state index contributed by atoms with van der Waals surface area (Å²) >= 11 is 1.66. The minimum Gasteiger partial charge on any atom is -0.489 e. The van der Waals surface area contributed by atoms with Crippen LogP contribution in [0.3, 0.4) is 0 Å². The fourth-order valence-electron chi connectivity index (χ4n) is 3.04. The van der Waals surface area contributed by atoms with Crippen molar-refractivity contribution in [1.82, 2.24) is 10.2 Å².